The largest absolute Gasteiger partial charge is 0.278 e. The molecular formula is C11H19N3S. The minimum atomic E-state index is 0.424. The first-order valence-electron chi connectivity index (χ1n) is 5.23. The average Bonchev–Trinajstić information content (AvgIpc) is 2.17. The number of hydrogen-bond acceptors (Lipinski definition) is 4. The van der Waals surface area contributed by atoms with E-state index in [1.807, 2.05) is 19.3 Å². The molecule has 1 heterocycles. The van der Waals surface area contributed by atoms with Gasteiger partial charge in [0, 0.05) is 24.1 Å². The minimum Gasteiger partial charge on any atom is -0.278 e. The highest BCUT2D eigenvalue weighted by Gasteiger charge is 2.14. The number of rotatable bonds is 5. The van der Waals surface area contributed by atoms with E-state index in [1.54, 1.807) is 0 Å². The maximum atomic E-state index is 5.54. The summed E-state index contributed by atoms with van der Waals surface area (Å²) in [6.45, 7) is 6.39. The Morgan fingerprint density at radius 2 is 2.07 bits per heavy atom. The average molecular weight is 225 g/mol. The Morgan fingerprint density at radius 1 is 1.33 bits per heavy atom. The van der Waals surface area contributed by atoms with Crippen LogP contribution in [-0.4, -0.2) is 15.7 Å². The van der Waals surface area contributed by atoms with Gasteiger partial charge in [-0.15, -0.1) is 0 Å². The normalized spacial score (nSPS) is 13.1. The Bertz CT molecular complexity index is 284. The molecule has 1 rings (SSSR count). The van der Waals surface area contributed by atoms with E-state index in [9.17, 15) is 0 Å². The molecule has 1 aromatic heterocycles. The van der Waals surface area contributed by atoms with E-state index in [0.717, 1.165) is 23.6 Å². The fourth-order valence-electron chi connectivity index (χ4n) is 1.57. The molecule has 0 saturated carbocycles. The summed E-state index contributed by atoms with van der Waals surface area (Å²) >= 11 is 1.38. The summed E-state index contributed by atoms with van der Waals surface area (Å²) in [5, 5.41) is 5.54. The first-order chi connectivity index (χ1) is 7.13. The molecule has 0 aliphatic carbocycles. The predicted octanol–water partition coefficient (Wildman–Crippen LogP) is 2.52. The van der Waals surface area contributed by atoms with Crippen LogP contribution in [0.5, 0.6) is 0 Å². The second kappa shape index (κ2) is 6.08. The van der Waals surface area contributed by atoms with E-state index in [4.69, 9.17) is 5.14 Å². The lowest BCUT2D eigenvalue weighted by Gasteiger charge is -2.16. The summed E-state index contributed by atoms with van der Waals surface area (Å²) in [4.78, 5) is 8.70. The summed E-state index contributed by atoms with van der Waals surface area (Å²) in [5.74, 6) is 1.99. The molecule has 84 valence electrons. The van der Waals surface area contributed by atoms with Crippen LogP contribution >= 0.6 is 11.9 Å². The monoisotopic (exact) mass is 225 g/mol. The van der Waals surface area contributed by atoms with E-state index >= 15 is 0 Å². The Hall–Kier alpha value is -0.610. The van der Waals surface area contributed by atoms with Crippen LogP contribution in [0, 0.1) is 12.8 Å². The van der Waals surface area contributed by atoms with E-state index in [2.05, 4.69) is 23.8 Å². The number of nitrogens with zero attached hydrogens (tertiary/aromatic N) is 2. The number of nitrogens with two attached hydrogens (primary N) is 1. The molecule has 15 heavy (non-hydrogen) atoms. The molecule has 0 bridgehead atoms. The van der Waals surface area contributed by atoms with Gasteiger partial charge in [-0.25, -0.2) is 0 Å². The van der Waals surface area contributed by atoms with Crippen molar-refractivity contribution < 1.29 is 0 Å². The van der Waals surface area contributed by atoms with Crippen LogP contribution in [-0.2, 0) is 0 Å². The van der Waals surface area contributed by atoms with Crippen LogP contribution in [0.25, 0.3) is 0 Å². The van der Waals surface area contributed by atoms with Crippen LogP contribution in [0.15, 0.2) is 12.4 Å². The fraction of sp³-hybridized carbons (Fsp3) is 0.636. The molecule has 2 N–H and O–H groups in total. The third-order valence-corrected chi connectivity index (χ3v) is 2.87. The van der Waals surface area contributed by atoms with Crippen molar-refractivity contribution in [2.75, 3.05) is 5.75 Å². The molecule has 4 heteroatoms. The lowest BCUT2D eigenvalue weighted by Crippen LogP contribution is -2.09. The second-order valence-electron chi connectivity index (χ2n) is 4.24. The van der Waals surface area contributed by atoms with Gasteiger partial charge in [0.15, 0.2) is 0 Å². The predicted molar refractivity (Wildman–Crippen MR) is 65.6 cm³/mol. The van der Waals surface area contributed by atoms with Gasteiger partial charge >= 0.3 is 0 Å². The first kappa shape index (κ1) is 12.5. The maximum Gasteiger partial charge on any atom is 0.0626 e. The molecule has 1 unspecified atom stereocenters. The van der Waals surface area contributed by atoms with E-state index in [-0.39, 0.29) is 0 Å². The van der Waals surface area contributed by atoms with Gasteiger partial charge in [0.05, 0.1) is 11.4 Å². The van der Waals surface area contributed by atoms with Gasteiger partial charge in [0.25, 0.3) is 0 Å². The third-order valence-electron chi connectivity index (χ3n) is 2.27. The molecule has 1 aromatic rings. The summed E-state index contributed by atoms with van der Waals surface area (Å²) in [7, 11) is 0. The molecular weight excluding hydrogens is 206 g/mol. The van der Waals surface area contributed by atoms with Crippen LogP contribution in [0.4, 0.5) is 0 Å². The van der Waals surface area contributed by atoms with Crippen molar-refractivity contribution in [3.05, 3.63) is 23.8 Å². The molecule has 0 amide bonds. The minimum absolute atomic E-state index is 0.424. The smallest absolute Gasteiger partial charge is 0.0626 e. The van der Waals surface area contributed by atoms with E-state index < -0.39 is 0 Å². The SMILES string of the molecule is Cc1cnc(C(CSN)CC(C)C)cn1. The number of hydrogen-bond donors (Lipinski definition) is 1. The van der Waals surface area contributed by atoms with Crippen LogP contribution < -0.4 is 5.14 Å². The zero-order valence-electron chi connectivity index (χ0n) is 9.60. The molecule has 3 nitrogen and oxygen atoms in total. The molecule has 0 aromatic carbocycles. The highest BCUT2D eigenvalue weighted by atomic mass is 32.2. The highest BCUT2D eigenvalue weighted by molar-refractivity contribution is 7.97. The summed E-state index contributed by atoms with van der Waals surface area (Å²) in [6, 6.07) is 0. The van der Waals surface area contributed by atoms with Crippen molar-refractivity contribution >= 4 is 11.9 Å². The van der Waals surface area contributed by atoms with E-state index in [1.165, 1.54) is 11.9 Å². The van der Waals surface area contributed by atoms with Crippen LogP contribution in [0.1, 0.15) is 37.6 Å². The molecule has 0 aliphatic heterocycles. The molecule has 0 radical (unpaired) electrons. The zero-order valence-corrected chi connectivity index (χ0v) is 10.4. The lowest BCUT2D eigenvalue weighted by atomic mass is 9.96. The van der Waals surface area contributed by atoms with Gasteiger partial charge in [0.2, 0.25) is 0 Å². The number of aromatic nitrogens is 2. The van der Waals surface area contributed by atoms with Crippen molar-refractivity contribution in [1.29, 1.82) is 0 Å². The Balaban J connectivity index is 2.74. The summed E-state index contributed by atoms with van der Waals surface area (Å²) in [6.07, 6.45) is 4.81. The van der Waals surface area contributed by atoms with Crippen LogP contribution in [0.2, 0.25) is 0 Å². The van der Waals surface area contributed by atoms with Crippen LogP contribution in [0.3, 0.4) is 0 Å². The first-order valence-corrected chi connectivity index (χ1v) is 6.28. The molecule has 1 atom stereocenters. The molecule has 0 aliphatic rings. The topological polar surface area (TPSA) is 51.8 Å². The quantitative estimate of drug-likeness (QED) is 0.782. The number of aryl methyl sites for hydroxylation is 1. The van der Waals surface area contributed by atoms with Gasteiger partial charge in [-0.2, -0.15) is 0 Å². The van der Waals surface area contributed by atoms with Crippen molar-refractivity contribution in [3.8, 4) is 0 Å². The third kappa shape index (κ3) is 4.18. The fourth-order valence-corrected chi connectivity index (χ4v) is 2.11. The van der Waals surface area contributed by atoms with Gasteiger partial charge in [-0.05, 0) is 19.3 Å². The van der Waals surface area contributed by atoms with Gasteiger partial charge < -0.3 is 0 Å². The molecule has 0 spiro atoms. The van der Waals surface area contributed by atoms with Gasteiger partial charge in [-0.1, -0.05) is 25.8 Å². The van der Waals surface area contributed by atoms with Crippen molar-refractivity contribution in [2.24, 2.45) is 11.1 Å². The van der Waals surface area contributed by atoms with E-state index in [0.29, 0.717) is 11.8 Å². The van der Waals surface area contributed by atoms with Gasteiger partial charge in [0.1, 0.15) is 0 Å². The second-order valence-corrected chi connectivity index (χ2v) is 4.91. The van der Waals surface area contributed by atoms with Crippen molar-refractivity contribution in [1.82, 2.24) is 9.97 Å². The van der Waals surface area contributed by atoms with Crippen molar-refractivity contribution in [3.63, 3.8) is 0 Å². The standard InChI is InChI=1S/C11H19N3S/c1-8(2)4-10(7-15-12)11-6-13-9(3)5-14-11/h5-6,8,10H,4,7,12H2,1-3H3. The van der Waals surface area contributed by atoms with Crippen molar-refractivity contribution in [2.45, 2.75) is 33.1 Å². The Morgan fingerprint density at radius 3 is 2.53 bits per heavy atom. The zero-order chi connectivity index (χ0) is 11.3. The van der Waals surface area contributed by atoms with Gasteiger partial charge in [-0.3, -0.25) is 15.1 Å². The molecule has 0 fully saturated rings. The maximum absolute atomic E-state index is 5.54. The lowest BCUT2D eigenvalue weighted by molar-refractivity contribution is 0.519. The summed E-state index contributed by atoms with van der Waals surface area (Å²) < 4.78 is 0. The Kier molecular flexibility index (Phi) is 5.05. The highest BCUT2D eigenvalue weighted by Crippen LogP contribution is 2.24. The summed E-state index contributed by atoms with van der Waals surface area (Å²) in [5.41, 5.74) is 2.02. The Labute approximate surface area is 96.0 Å². The molecule has 0 saturated heterocycles.